The Kier molecular flexibility index (Phi) is 5.12. The van der Waals surface area contributed by atoms with Crippen LogP contribution in [0.15, 0.2) is 66.9 Å². The lowest BCUT2D eigenvalue weighted by molar-refractivity contribution is 0.102. The minimum Gasteiger partial charge on any atom is -0.378 e. The molecule has 0 atom stereocenters. The Morgan fingerprint density at radius 3 is 2.15 bits per heavy atom. The van der Waals surface area contributed by atoms with Gasteiger partial charge in [-0.1, -0.05) is 0 Å². The van der Waals surface area contributed by atoms with Gasteiger partial charge in [0.1, 0.15) is 11.6 Å². The van der Waals surface area contributed by atoms with Gasteiger partial charge in [-0.25, -0.2) is 9.37 Å². The number of nitrogens with one attached hydrogen (secondary N) is 2. The van der Waals surface area contributed by atoms with Crippen LogP contribution in [0.4, 0.5) is 27.3 Å². The van der Waals surface area contributed by atoms with Gasteiger partial charge < -0.3 is 15.5 Å². The van der Waals surface area contributed by atoms with Gasteiger partial charge in [0.05, 0.1) is 5.56 Å². The zero-order chi connectivity index (χ0) is 18.5. The monoisotopic (exact) mass is 350 g/mol. The van der Waals surface area contributed by atoms with Gasteiger partial charge in [0.2, 0.25) is 0 Å². The molecule has 5 nitrogen and oxygen atoms in total. The maximum atomic E-state index is 12.9. The summed E-state index contributed by atoms with van der Waals surface area (Å²) in [7, 11) is 3.97. The maximum absolute atomic E-state index is 12.9. The standard InChI is InChI=1S/C20H19FN4O/c1-25(2)18-10-8-16(9-11-18)23-19-12-3-14(13-22-19)20(26)24-17-6-4-15(21)5-7-17/h3-13H,1-2H3,(H,22,23)(H,24,26). The first kappa shape index (κ1) is 17.4. The fourth-order valence-electron chi connectivity index (χ4n) is 2.33. The first-order valence-corrected chi connectivity index (χ1v) is 8.09. The molecule has 3 aromatic rings. The molecule has 0 aliphatic rings. The molecule has 0 radical (unpaired) electrons. The molecule has 0 aliphatic heterocycles. The van der Waals surface area contributed by atoms with Crippen LogP contribution in [-0.2, 0) is 0 Å². The number of pyridine rings is 1. The number of carbonyl (C=O) groups excluding carboxylic acids is 1. The summed E-state index contributed by atoms with van der Waals surface area (Å²) < 4.78 is 12.9. The van der Waals surface area contributed by atoms with Gasteiger partial charge in [0, 0.05) is 37.4 Å². The second-order valence-electron chi connectivity index (χ2n) is 5.96. The number of carbonyl (C=O) groups is 1. The van der Waals surface area contributed by atoms with Crippen molar-refractivity contribution in [2.75, 3.05) is 29.6 Å². The summed E-state index contributed by atoms with van der Waals surface area (Å²) in [6.07, 6.45) is 1.50. The Morgan fingerprint density at radius 2 is 1.58 bits per heavy atom. The molecule has 2 N–H and O–H groups in total. The molecule has 0 bridgehead atoms. The van der Waals surface area contributed by atoms with E-state index in [1.54, 1.807) is 12.1 Å². The third-order valence-corrected chi connectivity index (χ3v) is 3.78. The molecule has 6 heteroatoms. The van der Waals surface area contributed by atoms with Crippen molar-refractivity contribution < 1.29 is 9.18 Å². The minimum absolute atomic E-state index is 0.300. The normalized spacial score (nSPS) is 10.3. The second kappa shape index (κ2) is 7.65. The van der Waals surface area contributed by atoms with Crippen LogP contribution >= 0.6 is 0 Å². The van der Waals surface area contributed by atoms with E-state index >= 15 is 0 Å². The molecule has 0 aliphatic carbocycles. The van der Waals surface area contributed by atoms with Crippen molar-refractivity contribution in [1.82, 2.24) is 4.98 Å². The Morgan fingerprint density at radius 1 is 0.923 bits per heavy atom. The number of benzene rings is 2. The Balaban J connectivity index is 1.64. The predicted molar refractivity (Wildman–Crippen MR) is 103 cm³/mol. The van der Waals surface area contributed by atoms with Crippen LogP contribution in [0.5, 0.6) is 0 Å². The largest absolute Gasteiger partial charge is 0.378 e. The first-order valence-electron chi connectivity index (χ1n) is 8.09. The van der Waals surface area contributed by atoms with Crippen molar-refractivity contribution in [2.24, 2.45) is 0 Å². The highest BCUT2D eigenvalue weighted by molar-refractivity contribution is 6.04. The van der Waals surface area contributed by atoms with Gasteiger partial charge >= 0.3 is 0 Å². The van der Waals surface area contributed by atoms with Crippen molar-refractivity contribution in [3.05, 3.63) is 78.2 Å². The molecular formula is C20H19FN4O. The van der Waals surface area contributed by atoms with Crippen LogP contribution in [0.25, 0.3) is 0 Å². The zero-order valence-corrected chi connectivity index (χ0v) is 14.5. The van der Waals surface area contributed by atoms with E-state index in [9.17, 15) is 9.18 Å². The molecule has 1 amide bonds. The Hall–Kier alpha value is -3.41. The molecule has 0 spiro atoms. The van der Waals surface area contributed by atoms with Crippen molar-refractivity contribution in [3.63, 3.8) is 0 Å². The van der Waals surface area contributed by atoms with Crippen molar-refractivity contribution in [3.8, 4) is 0 Å². The van der Waals surface area contributed by atoms with E-state index in [2.05, 4.69) is 15.6 Å². The number of hydrogen-bond donors (Lipinski definition) is 2. The smallest absolute Gasteiger partial charge is 0.257 e. The number of aromatic nitrogens is 1. The van der Waals surface area contributed by atoms with Crippen molar-refractivity contribution in [1.29, 1.82) is 0 Å². The highest BCUT2D eigenvalue weighted by Gasteiger charge is 2.07. The lowest BCUT2D eigenvalue weighted by Gasteiger charge is -2.13. The molecule has 132 valence electrons. The van der Waals surface area contributed by atoms with Gasteiger partial charge in [-0.2, -0.15) is 0 Å². The fraction of sp³-hybridized carbons (Fsp3) is 0.100. The molecule has 1 aromatic heterocycles. The SMILES string of the molecule is CN(C)c1ccc(Nc2ccc(C(=O)Nc3ccc(F)cc3)cn2)cc1. The highest BCUT2D eigenvalue weighted by atomic mass is 19.1. The van der Waals surface area contributed by atoms with E-state index in [0.717, 1.165) is 11.4 Å². The number of amides is 1. The summed E-state index contributed by atoms with van der Waals surface area (Å²) in [5.41, 5.74) is 2.96. The summed E-state index contributed by atoms with van der Waals surface area (Å²) in [5, 5.41) is 5.89. The quantitative estimate of drug-likeness (QED) is 0.721. The number of anilines is 4. The molecule has 2 aromatic carbocycles. The van der Waals surface area contributed by atoms with Crippen LogP contribution in [0.2, 0.25) is 0 Å². The summed E-state index contributed by atoms with van der Waals surface area (Å²) >= 11 is 0. The lowest BCUT2D eigenvalue weighted by atomic mass is 10.2. The molecule has 1 heterocycles. The molecule has 3 rings (SSSR count). The van der Waals surface area contributed by atoms with Crippen LogP contribution in [0.1, 0.15) is 10.4 Å². The van der Waals surface area contributed by atoms with E-state index in [4.69, 9.17) is 0 Å². The third kappa shape index (κ3) is 4.36. The van der Waals surface area contributed by atoms with Crippen molar-refractivity contribution in [2.45, 2.75) is 0 Å². The van der Waals surface area contributed by atoms with Gasteiger partial charge in [0.15, 0.2) is 0 Å². The van der Waals surface area contributed by atoms with E-state index in [1.165, 1.54) is 30.5 Å². The molecule has 0 saturated heterocycles. The van der Waals surface area contributed by atoms with Gasteiger partial charge in [-0.3, -0.25) is 4.79 Å². The van der Waals surface area contributed by atoms with E-state index in [0.29, 0.717) is 17.1 Å². The van der Waals surface area contributed by atoms with Crippen LogP contribution < -0.4 is 15.5 Å². The maximum Gasteiger partial charge on any atom is 0.257 e. The summed E-state index contributed by atoms with van der Waals surface area (Å²) in [5.74, 6) is -0.00867. The van der Waals surface area contributed by atoms with Gasteiger partial charge in [-0.15, -0.1) is 0 Å². The summed E-state index contributed by atoms with van der Waals surface area (Å²) in [6, 6.07) is 17.0. The number of rotatable bonds is 5. The Labute approximate surface area is 151 Å². The van der Waals surface area contributed by atoms with Crippen LogP contribution in [0.3, 0.4) is 0 Å². The number of nitrogens with zero attached hydrogens (tertiary/aromatic N) is 2. The zero-order valence-electron chi connectivity index (χ0n) is 14.5. The Bertz CT molecular complexity index is 875. The lowest BCUT2D eigenvalue weighted by Crippen LogP contribution is -2.12. The highest BCUT2D eigenvalue weighted by Crippen LogP contribution is 2.19. The third-order valence-electron chi connectivity index (χ3n) is 3.78. The molecule has 0 fully saturated rings. The second-order valence-corrected chi connectivity index (χ2v) is 5.96. The molecule has 26 heavy (non-hydrogen) atoms. The minimum atomic E-state index is -0.348. The van der Waals surface area contributed by atoms with E-state index in [-0.39, 0.29) is 11.7 Å². The molecular weight excluding hydrogens is 331 g/mol. The van der Waals surface area contributed by atoms with E-state index in [1.807, 2.05) is 43.3 Å². The van der Waals surface area contributed by atoms with Gasteiger partial charge in [0.25, 0.3) is 5.91 Å². The topological polar surface area (TPSA) is 57.3 Å². The van der Waals surface area contributed by atoms with E-state index < -0.39 is 0 Å². The average Bonchev–Trinajstić information content (AvgIpc) is 2.64. The van der Waals surface area contributed by atoms with Crippen LogP contribution in [0, 0.1) is 5.82 Å². The number of hydrogen-bond acceptors (Lipinski definition) is 4. The van der Waals surface area contributed by atoms with Gasteiger partial charge in [-0.05, 0) is 60.7 Å². The first-order chi connectivity index (χ1) is 12.5. The predicted octanol–water partition coefficient (Wildman–Crippen LogP) is 4.28. The van der Waals surface area contributed by atoms with Crippen LogP contribution in [-0.4, -0.2) is 25.0 Å². The number of halogens is 1. The summed E-state index contributed by atoms with van der Waals surface area (Å²) in [6.45, 7) is 0. The molecule has 0 unspecified atom stereocenters. The average molecular weight is 350 g/mol. The molecule has 0 saturated carbocycles. The summed E-state index contributed by atoms with van der Waals surface area (Å²) in [4.78, 5) is 18.5. The van der Waals surface area contributed by atoms with Crippen molar-refractivity contribution >= 4 is 28.8 Å². The fourth-order valence-corrected chi connectivity index (χ4v) is 2.33.